The smallest absolute Gasteiger partial charge is 0.337 e. The van der Waals surface area contributed by atoms with Crippen molar-refractivity contribution in [1.82, 2.24) is 5.39 Å². The summed E-state index contributed by atoms with van der Waals surface area (Å²) in [6.45, 7) is -0.00550. The van der Waals surface area contributed by atoms with Crippen LogP contribution in [0.2, 0.25) is 0 Å². The van der Waals surface area contributed by atoms with Crippen LogP contribution in [0.15, 0.2) is 24.3 Å². The summed E-state index contributed by atoms with van der Waals surface area (Å²) in [7, 11) is 1.30. The van der Waals surface area contributed by atoms with Crippen LogP contribution in [0.25, 0.3) is 0 Å². The van der Waals surface area contributed by atoms with Crippen molar-refractivity contribution in [3.63, 3.8) is 0 Å². The Morgan fingerprint density at radius 1 is 1.33 bits per heavy atom. The monoisotopic (exact) mass is 213 g/mol. The number of methoxy groups -OCH3 is 1. The summed E-state index contributed by atoms with van der Waals surface area (Å²) < 4.78 is 4.52. The molecule has 15 heavy (non-hydrogen) atoms. The van der Waals surface area contributed by atoms with Crippen LogP contribution < -0.4 is 0 Å². The molecule has 0 saturated heterocycles. The van der Waals surface area contributed by atoms with Crippen molar-refractivity contribution in [2.45, 2.75) is 6.61 Å². The van der Waals surface area contributed by atoms with Gasteiger partial charge in [0, 0.05) is 0 Å². The first-order valence-electron chi connectivity index (χ1n) is 4.11. The fourth-order valence-corrected chi connectivity index (χ4v) is 0.987. The van der Waals surface area contributed by atoms with Crippen LogP contribution >= 0.6 is 0 Å². The molecular formula is C9H11NO5. The number of ether oxygens (including phenoxy) is 1. The Labute approximate surface area is 86.1 Å². The average Bonchev–Trinajstić information content (AvgIpc) is 2.26. The van der Waals surface area contributed by atoms with Gasteiger partial charge in [-0.1, -0.05) is 12.1 Å². The molecule has 0 aliphatic heterocycles. The van der Waals surface area contributed by atoms with Gasteiger partial charge in [0.25, 0.3) is 0 Å². The minimum absolute atomic E-state index is 0.00550. The maximum absolute atomic E-state index is 11.0. The summed E-state index contributed by atoms with van der Waals surface area (Å²) >= 11 is 0. The number of rotatable bonds is 4. The quantitative estimate of drug-likeness (QED) is 0.573. The van der Waals surface area contributed by atoms with Gasteiger partial charge in [-0.25, -0.2) is 9.63 Å². The second-order valence-corrected chi connectivity index (χ2v) is 2.71. The van der Waals surface area contributed by atoms with Crippen LogP contribution in [0.5, 0.6) is 0 Å². The van der Waals surface area contributed by atoms with E-state index in [0.29, 0.717) is 11.1 Å². The van der Waals surface area contributed by atoms with Crippen molar-refractivity contribution in [3.05, 3.63) is 35.4 Å². The highest BCUT2D eigenvalue weighted by Gasteiger charge is 2.04. The molecule has 1 aromatic carbocycles. The van der Waals surface area contributed by atoms with Crippen molar-refractivity contribution in [2.75, 3.05) is 7.11 Å². The highest BCUT2D eigenvalue weighted by molar-refractivity contribution is 5.89. The van der Waals surface area contributed by atoms with E-state index in [-0.39, 0.29) is 12.0 Å². The summed E-state index contributed by atoms with van der Waals surface area (Å²) in [6, 6.07) is 6.36. The fraction of sp³-hybridized carbons (Fsp3) is 0.222. The zero-order valence-corrected chi connectivity index (χ0v) is 8.08. The maximum atomic E-state index is 11.0. The van der Waals surface area contributed by atoms with Gasteiger partial charge in [-0.15, -0.1) is 0 Å². The standard InChI is InChI=1S/C9H11NO5/c1-14-9(11)8-4-2-7(3-5-8)6-15-10(12)13/h2-5,12-13H,6H2,1H3. The lowest BCUT2D eigenvalue weighted by Crippen LogP contribution is -2.13. The first-order valence-corrected chi connectivity index (χ1v) is 4.11. The molecule has 6 nitrogen and oxygen atoms in total. The molecule has 0 spiro atoms. The topological polar surface area (TPSA) is 79.2 Å². The molecule has 0 radical (unpaired) electrons. The van der Waals surface area contributed by atoms with Crippen molar-refractivity contribution < 1.29 is 24.8 Å². The molecule has 0 aromatic heterocycles. The molecule has 0 fully saturated rings. The molecule has 1 rings (SSSR count). The third kappa shape index (κ3) is 3.64. The Balaban J connectivity index is 2.60. The molecule has 6 heteroatoms. The van der Waals surface area contributed by atoms with E-state index >= 15 is 0 Å². The number of carbonyl (C=O) groups is 1. The average molecular weight is 213 g/mol. The minimum Gasteiger partial charge on any atom is -0.465 e. The molecule has 0 bridgehead atoms. The number of nitrogens with zero attached hydrogens (tertiary/aromatic N) is 1. The van der Waals surface area contributed by atoms with Crippen LogP contribution in [0.3, 0.4) is 0 Å². The van der Waals surface area contributed by atoms with Gasteiger partial charge in [0.05, 0.1) is 24.7 Å². The molecule has 82 valence electrons. The fourth-order valence-electron chi connectivity index (χ4n) is 0.987. The van der Waals surface area contributed by atoms with Crippen molar-refractivity contribution in [1.29, 1.82) is 0 Å². The Kier molecular flexibility index (Phi) is 4.19. The molecule has 0 amide bonds. The molecular weight excluding hydrogens is 202 g/mol. The Morgan fingerprint density at radius 2 is 1.93 bits per heavy atom. The molecule has 2 N–H and O–H groups in total. The molecule has 0 saturated carbocycles. The molecule has 0 unspecified atom stereocenters. The van der Waals surface area contributed by atoms with E-state index in [0.717, 1.165) is 0 Å². The highest BCUT2D eigenvalue weighted by atomic mass is 17.1. The van der Waals surface area contributed by atoms with Gasteiger partial charge in [-0.05, 0) is 17.7 Å². The van der Waals surface area contributed by atoms with E-state index in [1.807, 2.05) is 0 Å². The Morgan fingerprint density at radius 3 is 2.40 bits per heavy atom. The number of hydrogen-bond acceptors (Lipinski definition) is 6. The zero-order valence-electron chi connectivity index (χ0n) is 8.08. The predicted molar refractivity (Wildman–Crippen MR) is 48.0 cm³/mol. The van der Waals surface area contributed by atoms with Crippen molar-refractivity contribution >= 4 is 5.97 Å². The van der Waals surface area contributed by atoms with Crippen LogP contribution in [-0.2, 0) is 16.2 Å². The predicted octanol–water partition coefficient (Wildman–Crippen LogP) is 0.985. The first-order chi connectivity index (χ1) is 7.13. The van der Waals surface area contributed by atoms with Gasteiger partial charge in [0.15, 0.2) is 0 Å². The summed E-state index contributed by atoms with van der Waals surface area (Å²) in [5.41, 5.74) is 1.11. The van der Waals surface area contributed by atoms with Gasteiger partial charge in [-0.3, -0.25) is 10.4 Å². The molecule has 0 aliphatic rings. The number of hydrogen-bond donors (Lipinski definition) is 2. The summed E-state index contributed by atoms with van der Waals surface area (Å²) in [5.74, 6) is -0.423. The van der Waals surface area contributed by atoms with Gasteiger partial charge >= 0.3 is 5.97 Å². The lowest BCUT2D eigenvalue weighted by atomic mass is 10.1. The normalized spacial score (nSPS) is 10.4. The van der Waals surface area contributed by atoms with E-state index < -0.39 is 5.97 Å². The molecule has 0 heterocycles. The van der Waals surface area contributed by atoms with Crippen molar-refractivity contribution in [2.24, 2.45) is 0 Å². The largest absolute Gasteiger partial charge is 0.465 e. The molecule has 1 aromatic rings. The first kappa shape index (κ1) is 11.6. The minimum atomic E-state index is -0.423. The Hall–Kier alpha value is -1.47. The van der Waals surface area contributed by atoms with Gasteiger partial charge in [0.2, 0.25) is 0 Å². The van der Waals surface area contributed by atoms with E-state index in [4.69, 9.17) is 10.4 Å². The van der Waals surface area contributed by atoms with Crippen LogP contribution in [0.4, 0.5) is 0 Å². The Bertz CT molecular complexity index is 322. The van der Waals surface area contributed by atoms with E-state index in [1.54, 1.807) is 24.3 Å². The lowest BCUT2D eigenvalue weighted by molar-refractivity contribution is -0.497. The van der Waals surface area contributed by atoms with E-state index in [2.05, 4.69) is 9.57 Å². The number of carbonyl (C=O) groups excluding carboxylic acids is 1. The third-order valence-electron chi connectivity index (χ3n) is 1.72. The molecule has 0 atom stereocenters. The summed E-state index contributed by atoms with van der Waals surface area (Å²) in [6.07, 6.45) is 0. The maximum Gasteiger partial charge on any atom is 0.337 e. The zero-order chi connectivity index (χ0) is 11.3. The summed E-state index contributed by atoms with van der Waals surface area (Å²) in [4.78, 5) is 15.4. The second-order valence-electron chi connectivity index (χ2n) is 2.71. The third-order valence-corrected chi connectivity index (χ3v) is 1.72. The van der Waals surface area contributed by atoms with E-state index in [9.17, 15) is 4.79 Å². The SMILES string of the molecule is COC(=O)c1ccc(CON(O)O)cc1. The highest BCUT2D eigenvalue weighted by Crippen LogP contribution is 2.06. The van der Waals surface area contributed by atoms with Gasteiger partial charge < -0.3 is 4.74 Å². The van der Waals surface area contributed by atoms with Gasteiger partial charge in [0.1, 0.15) is 0 Å². The van der Waals surface area contributed by atoms with E-state index in [1.165, 1.54) is 7.11 Å². The summed E-state index contributed by atoms with van der Waals surface area (Å²) in [5, 5.41) is 16.2. The second kappa shape index (κ2) is 5.42. The number of benzene rings is 1. The van der Waals surface area contributed by atoms with Crippen LogP contribution in [0.1, 0.15) is 15.9 Å². The van der Waals surface area contributed by atoms with Crippen molar-refractivity contribution in [3.8, 4) is 0 Å². The van der Waals surface area contributed by atoms with Crippen LogP contribution in [0, 0.1) is 0 Å². The van der Waals surface area contributed by atoms with Gasteiger partial charge in [-0.2, -0.15) is 0 Å². The van der Waals surface area contributed by atoms with Crippen LogP contribution in [-0.4, -0.2) is 28.9 Å². The number of esters is 1. The lowest BCUT2D eigenvalue weighted by Gasteiger charge is -2.06. The molecule has 0 aliphatic carbocycles.